The molecule has 1 aromatic carbocycles. The van der Waals surface area contributed by atoms with Crippen molar-refractivity contribution in [1.82, 2.24) is 24.4 Å². The average Bonchev–Trinajstić information content (AvgIpc) is 3.34. The molecule has 35 heavy (non-hydrogen) atoms. The number of aryl methyl sites for hydroxylation is 2. The Hall–Kier alpha value is -2.75. The van der Waals surface area contributed by atoms with Crippen molar-refractivity contribution in [2.24, 2.45) is 0 Å². The number of epoxide rings is 1. The molecule has 0 spiro atoms. The van der Waals surface area contributed by atoms with Gasteiger partial charge in [0.15, 0.2) is 5.65 Å². The van der Waals surface area contributed by atoms with Gasteiger partial charge in [-0.3, -0.25) is 9.69 Å². The summed E-state index contributed by atoms with van der Waals surface area (Å²) in [6.45, 7) is 4.49. The maximum atomic E-state index is 14.2. The van der Waals surface area contributed by atoms with E-state index in [4.69, 9.17) is 21.1 Å². The molecule has 0 saturated carbocycles. The van der Waals surface area contributed by atoms with Crippen LogP contribution in [0.2, 0.25) is 5.02 Å². The first-order valence-electron chi connectivity index (χ1n) is 12.0. The minimum atomic E-state index is -0.423. The van der Waals surface area contributed by atoms with Gasteiger partial charge in [-0.15, -0.1) is 0 Å². The molecule has 3 fully saturated rings. The number of morpholine rings is 1. The minimum absolute atomic E-state index is 0.0779. The van der Waals surface area contributed by atoms with Crippen LogP contribution >= 0.6 is 11.6 Å². The highest BCUT2D eigenvalue weighted by Gasteiger charge is 2.62. The number of fused-ring (bicyclic) bond motifs is 8. The predicted molar refractivity (Wildman–Crippen MR) is 125 cm³/mol. The smallest absolute Gasteiger partial charge is 0.258 e. The number of carbonyl (C=O) groups excluding carboxylic acids is 1. The van der Waals surface area contributed by atoms with Gasteiger partial charge in [0, 0.05) is 36.6 Å². The second-order valence-electron chi connectivity index (χ2n) is 10.1. The van der Waals surface area contributed by atoms with Crippen LogP contribution in [0.3, 0.4) is 0 Å². The Bertz CT molecular complexity index is 1390. The van der Waals surface area contributed by atoms with Crippen LogP contribution in [-0.4, -0.2) is 67.7 Å². The SMILES string of the molecule is Cc1nc2c3c(nn2c(C)c1Cl)CN(C(=O)c1ccc(F)cc1O[C@H]1C[C@@H]2[C@H]4O[C@H]4[C@H](C1)N2C)C3. The van der Waals surface area contributed by atoms with Crippen molar-refractivity contribution >= 4 is 23.2 Å². The van der Waals surface area contributed by atoms with Gasteiger partial charge in [-0.05, 0) is 33.0 Å². The normalized spacial score (nSPS) is 28.9. The molecule has 0 N–H and O–H groups in total. The summed E-state index contributed by atoms with van der Waals surface area (Å²) in [5.41, 5.74) is 4.35. The van der Waals surface area contributed by atoms with Crippen LogP contribution in [0.5, 0.6) is 5.75 Å². The van der Waals surface area contributed by atoms with Gasteiger partial charge in [0.1, 0.15) is 29.9 Å². The molecule has 2 bridgehead atoms. The van der Waals surface area contributed by atoms with E-state index in [1.165, 1.54) is 18.2 Å². The lowest BCUT2D eigenvalue weighted by Crippen LogP contribution is -2.48. The molecule has 3 saturated heterocycles. The predicted octanol–water partition coefficient (Wildman–Crippen LogP) is 3.29. The van der Waals surface area contributed by atoms with Crippen molar-refractivity contribution in [3.63, 3.8) is 0 Å². The zero-order chi connectivity index (χ0) is 24.2. The Morgan fingerprint density at radius 2 is 1.94 bits per heavy atom. The van der Waals surface area contributed by atoms with E-state index in [9.17, 15) is 9.18 Å². The summed E-state index contributed by atoms with van der Waals surface area (Å²) in [5, 5.41) is 5.25. The number of ether oxygens (including phenoxy) is 2. The van der Waals surface area contributed by atoms with Crippen molar-refractivity contribution < 1.29 is 18.7 Å². The zero-order valence-electron chi connectivity index (χ0n) is 19.7. The number of piperidine rings is 1. The molecule has 0 unspecified atom stereocenters. The molecule has 182 valence electrons. The molecule has 8 nitrogen and oxygen atoms in total. The van der Waals surface area contributed by atoms with Crippen LogP contribution in [-0.2, 0) is 17.8 Å². The lowest BCUT2D eigenvalue weighted by molar-refractivity contribution is 0.0116. The standard InChI is InChI=1S/C25H25ClFN5O3/c1-11-21(26)12(2)32-24(28-11)16-9-31(10-17(16)29-32)25(33)15-5-4-13(27)6-20(15)34-14-7-18-22-23(35-22)19(8-14)30(18)3/h4-6,14,18-19,22-23H,7-10H2,1-3H3/t14-,18+,19-,22+,23-. The molecule has 7 rings (SSSR count). The number of likely N-dealkylation sites (N-methyl/N-ethyl adjacent to an activating group) is 1. The fourth-order valence-corrected chi connectivity index (χ4v) is 6.30. The number of aromatic nitrogens is 3. The third-order valence-electron chi connectivity index (χ3n) is 8.09. The Morgan fingerprint density at radius 3 is 2.69 bits per heavy atom. The summed E-state index contributed by atoms with van der Waals surface area (Å²) >= 11 is 6.35. The summed E-state index contributed by atoms with van der Waals surface area (Å²) in [6, 6.07) is 4.79. The molecule has 6 heterocycles. The highest BCUT2D eigenvalue weighted by Crippen LogP contribution is 2.48. The van der Waals surface area contributed by atoms with Crippen molar-refractivity contribution in [2.75, 3.05) is 7.05 Å². The van der Waals surface area contributed by atoms with Crippen LogP contribution in [0.1, 0.15) is 45.8 Å². The molecule has 0 radical (unpaired) electrons. The molecule has 3 aromatic rings. The molecular formula is C25H25ClFN5O3. The van der Waals surface area contributed by atoms with E-state index in [-0.39, 0.29) is 24.2 Å². The fraction of sp³-hybridized carbons (Fsp3) is 0.480. The van der Waals surface area contributed by atoms with E-state index in [0.717, 1.165) is 35.5 Å². The maximum Gasteiger partial charge on any atom is 0.258 e. The number of amides is 1. The lowest BCUT2D eigenvalue weighted by Gasteiger charge is -2.38. The first-order valence-corrected chi connectivity index (χ1v) is 12.3. The average molecular weight is 498 g/mol. The van der Waals surface area contributed by atoms with Crippen molar-refractivity contribution in [2.45, 2.75) is 70.2 Å². The molecule has 10 heteroatoms. The van der Waals surface area contributed by atoms with Gasteiger partial charge < -0.3 is 14.4 Å². The van der Waals surface area contributed by atoms with Gasteiger partial charge in [0.2, 0.25) is 0 Å². The Labute approximate surface area is 206 Å². The van der Waals surface area contributed by atoms with E-state index in [1.807, 2.05) is 13.8 Å². The third kappa shape index (κ3) is 3.14. The second kappa shape index (κ2) is 7.38. The Morgan fingerprint density at radius 1 is 1.20 bits per heavy atom. The van der Waals surface area contributed by atoms with Gasteiger partial charge in [-0.2, -0.15) is 5.10 Å². The zero-order valence-corrected chi connectivity index (χ0v) is 20.4. The summed E-state index contributed by atoms with van der Waals surface area (Å²) in [6.07, 6.45) is 2.09. The molecule has 4 aliphatic rings. The van der Waals surface area contributed by atoms with Crippen LogP contribution in [0.4, 0.5) is 4.39 Å². The second-order valence-corrected chi connectivity index (χ2v) is 10.5. The highest BCUT2D eigenvalue weighted by atomic mass is 35.5. The number of benzene rings is 1. The topological polar surface area (TPSA) is 75.5 Å². The van der Waals surface area contributed by atoms with E-state index in [2.05, 4.69) is 22.0 Å². The minimum Gasteiger partial charge on any atom is -0.489 e. The summed E-state index contributed by atoms with van der Waals surface area (Å²) in [7, 11) is 2.13. The first kappa shape index (κ1) is 21.5. The molecular weight excluding hydrogens is 473 g/mol. The third-order valence-corrected chi connectivity index (χ3v) is 8.63. The van der Waals surface area contributed by atoms with Crippen LogP contribution in [0.15, 0.2) is 18.2 Å². The van der Waals surface area contributed by atoms with Gasteiger partial charge in [0.05, 0.1) is 40.8 Å². The fourth-order valence-electron chi connectivity index (χ4n) is 6.17. The molecule has 5 atom stereocenters. The summed E-state index contributed by atoms with van der Waals surface area (Å²) in [5.74, 6) is -0.331. The number of hydrogen-bond acceptors (Lipinski definition) is 6. The van der Waals surface area contributed by atoms with Crippen LogP contribution < -0.4 is 4.74 Å². The summed E-state index contributed by atoms with van der Waals surface area (Å²) in [4.78, 5) is 22.3. The Kier molecular flexibility index (Phi) is 4.54. The summed E-state index contributed by atoms with van der Waals surface area (Å²) < 4.78 is 28.0. The van der Waals surface area contributed by atoms with Crippen LogP contribution in [0, 0.1) is 19.7 Å². The first-order chi connectivity index (χ1) is 16.8. The highest BCUT2D eigenvalue weighted by molar-refractivity contribution is 6.31. The maximum absolute atomic E-state index is 14.2. The van der Waals surface area contributed by atoms with E-state index in [1.54, 1.807) is 9.42 Å². The van der Waals surface area contributed by atoms with Crippen molar-refractivity contribution in [1.29, 1.82) is 0 Å². The van der Waals surface area contributed by atoms with E-state index in [0.29, 0.717) is 47.2 Å². The van der Waals surface area contributed by atoms with Crippen molar-refractivity contribution in [3.8, 4) is 5.75 Å². The molecule has 0 aliphatic carbocycles. The van der Waals surface area contributed by atoms with Crippen molar-refractivity contribution in [3.05, 3.63) is 57.2 Å². The number of carbonyl (C=O) groups is 1. The Balaban J connectivity index is 1.15. The number of nitrogens with zero attached hydrogens (tertiary/aromatic N) is 5. The van der Waals surface area contributed by atoms with Crippen LogP contribution in [0.25, 0.3) is 5.65 Å². The lowest BCUT2D eigenvalue weighted by atomic mass is 9.99. The number of hydrogen-bond donors (Lipinski definition) is 0. The van der Waals surface area contributed by atoms with Gasteiger partial charge in [-0.25, -0.2) is 13.9 Å². The van der Waals surface area contributed by atoms with E-state index < -0.39 is 5.82 Å². The molecule has 1 amide bonds. The van der Waals surface area contributed by atoms with E-state index >= 15 is 0 Å². The number of rotatable bonds is 3. The largest absolute Gasteiger partial charge is 0.489 e. The quantitative estimate of drug-likeness (QED) is 0.517. The molecule has 4 aliphatic heterocycles. The van der Waals surface area contributed by atoms with Gasteiger partial charge in [-0.1, -0.05) is 11.6 Å². The molecule has 2 aromatic heterocycles. The van der Waals surface area contributed by atoms with Gasteiger partial charge >= 0.3 is 0 Å². The number of halogens is 2. The van der Waals surface area contributed by atoms with Gasteiger partial charge in [0.25, 0.3) is 5.91 Å². The monoisotopic (exact) mass is 497 g/mol.